The van der Waals surface area contributed by atoms with Crippen LogP contribution in [0.25, 0.3) is 0 Å². The molecular weight excluding hydrogens is 406 g/mol. The number of hydrogen-bond acceptors (Lipinski definition) is 6. The number of β-amino-alcohol motifs (C(OH)–C–C–N with tert-alkyl or cyclic N) is 1. The molecule has 1 amide bonds. The maximum atomic E-state index is 12.7. The maximum Gasteiger partial charge on any atom is 0.260 e. The standard InChI is InChI=1S/C25H35N3O4/c1-17-14-22(18(2)19(3)25(17)26)31-16-23(29)27(4)20-10-12-28(13-11-20)15-24(30)32-21-8-6-5-7-9-21/h5-9,14,20,24,30H,10-13,15-16,26H2,1-4H3. The topological polar surface area (TPSA) is 88.3 Å². The molecule has 32 heavy (non-hydrogen) atoms. The SMILES string of the molecule is Cc1cc(OCC(=O)N(C)C2CCN(CC(O)Oc3ccccc3)CC2)c(C)c(C)c1N. The van der Waals surface area contributed by atoms with Gasteiger partial charge in [-0.05, 0) is 68.5 Å². The maximum absolute atomic E-state index is 12.7. The van der Waals surface area contributed by atoms with Gasteiger partial charge in [-0.25, -0.2) is 0 Å². The van der Waals surface area contributed by atoms with E-state index in [1.165, 1.54) is 0 Å². The molecular formula is C25H35N3O4. The third-order valence-electron chi connectivity index (χ3n) is 6.39. The lowest BCUT2D eigenvalue weighted by Crippen LogP contribution is -2.48. The minimum Gasteiger partial charge on any atom is -0.483 e. The van der Waals surface area contributed by atoms with Gasteiger partial charge in [0.1, 0.15) is 11.5 Å². The van der Waals surface area contributed by atoms with E-state index in [0.29, 0.717) is 18.0 Å². The van der Waals surface area contributed by atoms with Crippen molar-refractivity contribution in [3.8, 4) is 11.5 Å². The second-order valence-electron chi connectivity index (χ2n) is 8.57. The van der Waals surface area contributed by atoms with Crippen molar-refractivity contribution in [3.63, 3.8) is 0 Å². The Bertz CT molecular complexity index is 911. The van der Waals surface area contributed by atoms with Crippen LogP contribution in [0, 0.1) is 20.8 Å². The molecule has 0 saturated carbocycles. The van der Waals surface area contributed by atoms with E-state index in [1.54, 1.807) is 4.90 Å². The number of amides is 1. The number of carbonyl (C=O) groups is 1. The second-order valence-corrected chi connectivity index (χ2v) is 8.57. The largest absolute Gasteiger partial charge is 0.483 e. The zero-order valence-corrected chi connectivity index (χ0v) is 19.5. The number of nitrogen functional groups attached to an aromatic ring is 1. The van der Waals surface area contributed by atoms with Gasteiger partial charge in [0.2, 0.25) is 6.29 Å². The number of benzene rings is 2. The number of anilines is 1. The zero-order valence-electron chi connectivity index (χ0n) is 19.5. The fourth-order valence-corrected chi connectivity index (χ4v) is 4.06. The van der Waals surface area contributed by atoms with Gasteiger partial charge in [0.05, 0.1) is 6.54 Å². The summed E-state index contributed by atoms with van der Waals surface area (Å²) >= 11 is 0. The molecule has 174 valence electrons. The second kappa shape index (κ2) is 10.7. The van der Waals surface area contributed by atoms with Gasteiger partial charge in [-0.15, -0.1) is 0 Å². The average molecular weight is 442 g/mol. The molecule has 0 aromatic heterocycles. The number of para-hydroxylation sites is 1. The van der Waals surface area contributed by atoms with Crippen molar-refractivity contribution >= 4 is 11.6 Å². The minimum absolute atomic E-state index is 0.00395. The van der Waals surface area contributed by atoms with Gasteiger partial charge in [0.25, 0.3) is 5.91 Å². The van der Waals surface area contributed by atoms with Crippen LogP contribution < -0.4 is 15.2 Å². The molecule has 1 fully saturated rings. The quantitative estimate of drug-likeness (QED) is 0.484. The molecule has 3 rings (SSSR count). The van der Waals surface area contributed by atoms with E-state index < -0.39 is 6.29 Å². The molecule has 1 unspecified atom stereocenters. The van der Waals surface area contributed by atoms with E-state index in [9.17, 15) is 9.90 Å². The van der Waals surface area contributed by atoms with Crippen molar-refractivity contribution < 1.29 is 19.4 Å². The Balaban J connectivity index is 1.44. The van der Waals surface area contributed by atoms with Crippen LogP contribution in [0.4, 0.5) is 5.69 Å². The lowest BCUT2D eigenvalue weighted by molar-refractivity contribution is -0.135. The molecule has 2 aromatic carbocycles. The summed E-state index contributed by atoms with van der Waals surface area (Å²) in [5, 5.41) is 10.2. The fraction of sp³-hybridized carbons (Fsp3) is 0.480. The van der Waals surface area contributed by atoms with Crippen LogP contribution in [0.3, 0.4) is 0 Å². The monoisotopic (exact) mass is 441 g/mol. The highest BCUT2D eigenvalue weighted by Crippen LogP contribution is 2.29. The van der Waals surface area contributed by atoms with E-state index in [1.807, 2.05) is 64.2 Å². The molecule has 2 aromatic rings. The van der Waals surface area contributed by atoms with Crippen molar-refractivity contribution in [2.75, 3.05) is 39.0 Å². The van der Waals surface area contributed by atoms with Gasteiger partial charge in [-0.3, -0.25) is 9.69 Å². The highest BCUT2D eigenvalue weighted by Gasteiger charge is 2.27. The third kappa shape index (κ3) is 5.93. The molecule has 0 aliphatic carbocycles. The first-order chi connectivity index (χ1) is 15.3. The Hall–Kier alpha value is -2.77. The van der Waals surface area contributed by atoms with Gasteiger partial charge in [-0.2, -0.15) is 0 Å². The van der Waals surface area contributed by atoms with Gasteiger partial charge in [0.15, 0.2) is 6.61 Å². The number of aryl methyl sites for hydroxylation is 1. The van der Waals surface area contributed by atoms with E-state index in [2.05, 4.69) is 4.90 Å². The predicted molar refractivity (Wildman–Crippen MR) is 126 cm³/mol. The molecule has 1 aliphatic heterocycles. The van der Waals surface area contributed by atoms with Gasteiger partial charge < -0.3 is 25.2 Å². The number of hydrogen-bond donors (Lipinski definition) is 2. The highest BCUT2D eigenvalue weighted by atomic mass is 16.6. The molecule has 1 atom stereocenters. The van der Waals surface area contributed by atoms with Crippen LogP contribution >= 0.6 is 0 Å². The third-order valence-corrected chi connectivity index (χ3v) is 6.39. The van der Waals surface area contributed by atoms with Crippen molar-refractivity contribution in [1.82, 2.24) is 9.80 Å². The summed E-state index contributed by atoms with van der Waals surface area (Å²) in [5.41, 5.74) is 9.75. The number of aliphatic hydroxyl groups is 1. The zero-order chi connectivity index (χ0) is 23.3. The number of piperidine rings is 1. The Morgan fingerprint density at radius 3 is 2.50 bits per heavy atom. The smallest absolute Gasteiger partial charge is 0.260 e. The number of aliphatic hydroxyl groups excluding tert-OH is 1. The van der Waals surface area contributed by atoms with Crippen LogP contribution in [0.15, 0.2) is 36.4 Å². The highest BCUT2D eigenvalue weighted by molar-refractivity contribution is 5.78. The summed E-state index contributed by atoms with van der Waals surface area (Å²) in [4.78, 5) is 16.7. The van der Waals surface area contributed by atoms with Gasteiger partial charge in [0, 0.05) is 31.9 Å². The van der Waals surface area contributed by atoms with Crippen molar-refractivity contribution in [1.29, 1.82) is 0 Å². The summed E-state index contributed by atoms with van der Waals surface area (Å²) in [6.45, 7) is 7.91. The van der Waals surface area contributed by atoms with Crippen molar-refractivity contribution in [2.24, 2.45) is 0 Å². The van der Waals surface area contributed by atoms with Crippen molar-refractivity contribution in [3.05, 3.63) is 53.1 Å². The van der Waals surface area contributed by atoms with Gasteiger partial charge in [-0.1, -0.05) is 18.2 Å². The first-order valence-electron chi connectivity index (χ1n) is 11.1. The first-order valence-corrected chi connectivity index (χ1v) is 11.1. The molecule has 0 spiro atoms. The van der Waals surface area contributed by atoms with Crippen LogP contribution in [-0.4, -0.2) is 66.4 Å². The lowest BCUT2D eigenvalue weighted by atomic mass is 10.0. The van der Waals surface area contributed by atoms with E-state index in [-0.39, 0.29) is 18.6 Å². The summed E-state index contributed by atoms with van der Waals surface area (Å²) in [6.07, 6.45) is 0.815. The van der Waals surface area contributed by atoms with Crippen LogP contribution in [0.1, 0.15) is 29.5 Å². The lowest BCUT2D eigenvalue weighted by Gasteiger charge is -2.37. The predicted octanol–water partition coefficient (Wildman–Crippen LogP) is 2.89. The molecule has 1 aliphatic rings. The number of carbonyl (C=O) groups excluding carboxylic acids is 1. The van der Waals surface area contributed by atoms with Gasteiger partial charge >= 0.3 is 0 Å². The first kappa shape index (κ1) is 23.9. The number of nitrogens with two attached hydrogens (primary N) is 1. The Labute approximate surface area is 190 Å². The van der Waals surface area contributed by atoms with E-state index in [4.69, 9.17) is 15.2 Å². The van der Waals surface area contributed by atoms with E-state index in [0.717, 1.165) is 48.3 Å². The molecule has 3 N–H and O–H groups in total. The molecule has 1 saturated heterocycles. The number of nitrogens with zero attached hydrogens (tertiary/aromatic N) is 2. The summed E-state index contributed by atoms with van der Waals surface area (Å²) in [6, 6.07) is 11.4. The normalized spacial score (nSPS) is 15.9. The molecule has 7 heteroatoms. The van der Waals surface area contributed by atoms with Crippen LogP contribution in [0.2, 0.25) is 0 Å². The number of likely N-dealkylation sites (N-methyl/N-ethyl adjacent to an activating group) is 1. The molecule has 0 radical (unpaired) electrons. The summed E-state index contributed by atoms with van der Waals surface area (Å²) in [7, 11) is 1.84. The van der Waals surface area contributed by atoms with Crippen LogP contribution in [-0.2, 0) is 4.79 Å². The number of likely N-dealkylation sites (tertiary alicyclic amines) is 1. The summed E-state index contributed by atoms with van der Waals surface area (Å²) < 4.78 is 11.4. The Morgan fingerprint density at radius 2 is 1.84 bits per heavy atom. The van der Waals surface area contributed by atoms with Crippen molar-refractivity contribution in [2.45, 2.75) is 45.9 Å². The summed E-state index contributed by atoms with van der Waals surface area (Å²) in [5.74, 6) is 1.32. The van der Waals surface area contributed by atoms with E-state index >= 15 is 0 Å². The number of ether oxygens (including phenoxy) is 2. The number of rotatable bonds is 8. The molecule has 0 bridgehead atoms. The molecule has 7 nitrogen and oxygen atoms in total. The Kier molecular flexibility index (Phi) is 7.99. The average Bonchev–Trinajstić information content (AvgIpc) is 2.79. The minimum atomic E-state index is -0.878. The Morgan fingerprint density at radius 1 is 1.19 bits per heavy atom. The molecule has 1 heterocycles. The fourth-order valence-electron chi connectivity index (χ4n) is 4.06. The van der Waals surface area contributed by atoms with Crippen LogP contribution in [0.5, 0.6) is 11.5 Å².